The Balaban J connectivity index is 1.48. The van der Waals surface area contributed by atoms with Crippen LogP contribution in [0.5, 0.6) is 0 Å². The highest BCUT2D eigenvalue weighted by atomic mass is 16.2. The lowest BCUT2D eigenvalue weighted by Gasteiger charge is -2.20. The number of carbonyl (C=O) groups is 2. The number of nitrogens with one attached hydrogen (secondary N) is 1. The van der Waals surface area contributed by atoms with Crippen molar-refractivity contribution in [2.45, 2.75) is 84.0 Å². The number of likely N-dealkylation sites (N-methyl/N-ethyl adjacent to an activating group) is 1. The van der Waals surface area contributed by atoms with Gasteiger partial charge in [0.2, 0.25) is 0 Å². The van der Waals surface area contributed by atoms with E-state index in [0.29, 0.717) is 11.3 Å². The molecule has 0 unspecified atom stereocenters. The minimum Gasteiger partial charge on any atom is -0.369 e. The third-order valence-corrected chi connectivity index (χ3v) is 6.80. The molecular weight excluding hydrogens is 410 g/mol. The number of amides is 2. The van der Waals surface area contributed by atoms with Crippen molar-refractivity contribution in [1.29, 1.82) is 0 Å². The average molecular weight is 452 g/mol. The van der Waals surface area contributed by atoms with Gasteiger partial charge in [0, 0.05) is 43.3 Å². The average Bonchev–Trinajstić information content (AvgIpc) is 3.29. The SMILES string of the molecule is CCCCCCCCCCCCCCN(C)C1=C(c2cn(C)c3ccccc23)C(=O)NC1=O. The Morgan fingerprint density at radius 1 is 0.818 bits per heavy atom. The Bertz CT molecular complexity index is 973. The monoisotopic (exact) mass is 451 g/mol. The molecule has 1 aliphatic rings. The lowest BCUT2D eigenvalue weighted by molar-refractivity contribution is -0.124. The molecule has 0 aliphatic carbocycles. The van der Waals surface area contributed by atoms with Gasteiger partial charge in [-0.2, -0.15) is 0 Å². The molecule has 2 aromatic rings. The van der Waals surface area contributed by atoms with Gasteiger partial charge in [0.25, 0.3) is 11.8 Å². The maximum absolute atomic E-state index is 12.7. The van der Waals surface area contributed by atoms with E-state index in [0.717, 1.165) is 35.9 Å². The summed E-state index contributed by atoms with van der Waals surface area (Å²) in [6, 6.07) is 8.00. The number of fused-ring (bicyclic) bond motifs is 1. The van der Waals surface area contributed by atoms with Gasteiger partial charge in [0.05, 0.1) is 5.57 Å². The minimum absolute atomic E-state index is 0.288. The summed E-state index contributed by atoms with van der Waals surface area (Å²) in [6.45, 7) is 3.04. The number of imide groups is 1. The second-order valence-electron chi connectivity index (χ2n) is 9.49. The molecule has 0 atom stereocenters. The zero-order valence-corrected chi connectivity index (χ0v) is 20.8. The summed E-state index contributed by atoms with van der Waals surface area (Å²) < 4.78 is 2.01. The molecule has 0 bridgehead atoms. The summed E-state index contributed by atoms with van der Waals surface area (Å²) in [5.41, 5.74) is 2.88. The first-order valence-electron chi connectivity index (χ1n) is 12.9. The molecule has 0 saturated heterocycles. The predicted molar refractivity (Wildman–Crippen MR) is 137 cm³/mol. The number of benzene rings is 1. The molecule has 0 saturated carbocycles. The smallest absolute Gasteiger partial charge is 0.275 e. The molecule has 5 heteroatoms. The van der Waals surface area contributed by atoms with Crippen molar-refractivity contribution in [2.24, 2.45) is 7.05 Å². The number of carbonyl (C=O) groups excluding carboxylic acids is 2. The van der Waals surface area contributed by atoms with Crippen molar-refractivity contribution in [3.05, 3.63) is 41.7 Å². The third-order valence-electron chi connectivity index (χ3n) is 6.80. The van der Waals surface area contributed by atoms with Crippen LogP contribution in [0.1, 0.15) is 89.5 Å². The Labute approximate surface area is 199 Å². The van der Waals surface area contributed by atoms with Gasteiger partial charge >= 0.3 is 0 Å². The molecule has 0 fully saturated rings. The molecule has 0 radical (unpaired) electrons. The van der Waals surface area contributed by atoms with Crippen LogP contribution in [0.3, 0.4) is 0 Å². The van der Waals surface area contributed by atoms with E-state index in [1.54, 1.807) is 0 Å². The Morgan fingerprint density at radius 2 is 1.39 bits per heavy atom. The van der Waals surface area contributed by atoms with Crippen molar-refractivity contribution < 1.29 is 9.59 Å². The number of aromatic nitrogens is 1. The van der Waals surface area contributed by atoms with Gasteiger partial charge in [0.1, 0.15) is 5.70 Å². The molecule has 2 amide bonds. The zero-order valence-electron chi connectivity index (χ0n) is 20.8. The van der Waals surface area contributed by atoms with Gasteiger partial charge in [-0.3, -0.25) is 14.9 Å². The number of rotatable bonds is 15. The van der Waals surface area contributed by atoms with E-state index in [2.05, 4.69) is 12.2 Å². The maximum Gasteiger partial charge on any atom is 0.275 e. The van der Waals surface area contributed by atoms with Crippen molar-refractivity contribution in [3.8, 4) is 0 Å². The Kier molecular flexibility index (Phi) is 9.59. The highest BCUT2D eigenvalue weighted by Gasteiger charge is 2.34. The first-order valence-corrected chi connectivity index (χ1v) is 12.9. The van der Waals surface area contributed by atoms with Crippen LogP contribution in [0.4, 0.5) is 0 Å². The fourth-order valence-corrected chi connectivity index (χ4v) is 4.90. The van der Waals surface area contributed by atoms with Crippen LogP contribution in [0.2, 0.25) is 0 Å². The summed E-state index contributed by atoms with van der Waals surface area (Å²) in [7, 11) is 3.90. The standard InChI is InChI=1S/C28H41N3O2/c1-4-5-6-7-8-9-10-11-12-13-14-17-20-30(2)26-25(27(32)29-28(26)33)23-21-31(3)24-19-16-15-18-22(23)24/h15-16,18-19,21H,4-14,17,20H2,1-3H3,(H,29,32,33). The fraction of sp³-hybridized carbons (Fsp3) is 0.571. The molecule has 0 spiro atoms. The minimum atomic E-state index is -0.298. The third kappa shape index (κ3) is 6.49. The van der Waals surface area contributed by atoms with Crippen LogP contribution in [-0.4, -0.2) is 34.9 Å². The van der Waals surface area contributed by atoms with Crippen molar-refractivity contribution in [3.63, 3.8) is 0 Å². The van der Waals surface area contributed by atoms with Crippen LogP contribution >= 0.6 is 0 Å². The molecule has 2 heterocycles. The zero-order chi connectivity index (χ0) is 23.6. The van der Waals surface area contributed by atoms with E-state index >= 15 is 0 Å². The van der Waals surface area contributed by atoms with E-state index in [-0.39, 0.29) is 11.8 Å². The van der Waals surface area contributed by atoms with Crippen LogP contribution in [0, 0.1) is 0 Å². The summed E-state index contributed by atoms with van der Waals surface area (Å²) in [4.78, 5) is 27.3. The molecule has 1 aliphatic heterocycles. The van der Waals surface area contributed by atoms with Crippen LogP contribution in [0.15, 0.2) is 36.2 Å². The molecule has 3 rings (SSSR count). The second-order valence-corrected chi connectivity index (χ2v) is 9.49. The van der Waals surface area contributed by atoms with E-state index in [4.69, 9.17) is 0 Å². The molecule has 5 nitrogen and oxygen atoms in total. The van der Waals surface area contributed by atoms with E-state index in [9.17, 15) is 9.59 Å². The van der Waals surface area contributed by atoms with E-state index in [1.165, 1.54) is 64.2 Å². The summed E-state index contributed by atoms with van der Waals surface area (Å²) in [6.07, 6.45) is 17.6. The van der Waals surface area contributed by atoms with Crippen LogP contribution in [0.25, 0.3) is 16.5 Å². The largest absolute Gasteiger partial charge is 0.369 e. The highest BCUT2D eigenvalue weighted by Crippen LogP contribution is 2.32. The fourth-order valence-electron chi connectivity index (χ4n) is 4.90. The summed E-state index contributed by atoms with van der Waals surface area (Å²) in [5, 5.41) is 3.51. The number of unbranched alkanes of at least 4 members (excludes halogenated alkanes) is 11. The molecule has 1 aromatic carbocycles. The van der Waals surface area contributed by atoms with Gasteiger partial charge in [-0.1, -0.05) is 95.8 Å². The normalized spacial score (nSPS) is 13.9. The van der Waals surface area contributed by atoms with Gasteiger partial charge in [-0.15, -0.1) is 0 Å². The first kappa shape index (κ1) is 25.1. The van der Waals surface area contributed by atoms with E-state index in [1.807, 2.05) is 54.0 Å². The Morgan fingerprint density at radius 3 is 2.03 bits per heavy atom. The van der Waals surface area contributed by atoms with Crippen molar-refractivity contribution in [1.82, 2.24) is 14.8 Å². The topological polar surface area (TPSA) is 54.3 Å². The molecular formula is C28H41N3O2. The van der Waals surface area contributed by atoms with Gasteiger partial charge < -0.3 is 9.47 Å². The number of para-hydroxylation sites is 1. The van der Waals surface area contributed by atoms with Crippen LogP contribution < -0.4 is 5.32 Å². The predicted octanol–water partition coefficient (Wildman–Crippen LogP) is 6.18. The Hall–Kier alpha value is -2.56. The number of nitrogens with zero attached hydrogens (tertiary/aromatic N) is 2. The first-order chi connectivity index (χ1) is 16.0. The number of aryl methyl sites for hydroxylation is 1. The van der Waals surface area contributed by atoms with Gasteiger partial charge in [-0.05, 0) is 12.5 Å². The second kappa shape index (κ2) is 12.6. The quantitative estimate of drug-likeness (QED) is 0.260. The number of hydrogen-bond acceptors (Lipinski definition) is 3. The molecule has 33 heavy (non-hydrogen) atoms. The maximum atomic E-state index is 12.7. The highest BCUT2D eigenvalue weighted by molar-refractivity contribution is 6.37. The van der Waals surface area contributed by atoms with Crippen molar-refractivity contribution >= 4 is 28.3 Å². The summed E-state index contributed by atoms with van der Waals surface area (Å²) >= 11 is 0. The molecule has 180 valence electrons. The van der Waals surface area contributed by atoms with Gasteiger partial charge in [-0.25, -0.2) is 0 Å². The number of hydrogen-bond donors (Lipinski definition) is 1. The van der Waals surface area contributed by atoms with E-state index < -0.39 is 0 Å². The van der Waals surface area contributed by atoms with Gasteiger partial charge in [0.15, 0.2) is 0 Å². The lowest BCUT2D eigenvalue weighted by atomic mass is 10.0. The molecule has 1 N–H and O–H groups in total. The summed E-state index contributed by atoms with van der Waals surface area (Å²) in [5.74, 6) is -0.586. The van der Waals surface area contributed by atoms with Crippen LogP contribution in [-0.2, 0) is 16.6 Å². The molecule has 1 aromatic heterocycles. The van der Waals surface area contributed by atoms with Crippen molar-refractivity contribution in [2.75, 3.05) is 13.6 Å². The lowest BCUT2D eigenvalue weighted by Crippen LogP contribution is -2.29.